The summed E-state index contributed by atoms with van der Waals surface area (Å²) in [6, 6.07) is 12.4. The van der Waals surface area contributed by atoms with E-state index in [1.54, 1.807) is 29.3 Å². The molecule has 4 aromatic rings. The first-order valence-corrected chi connectivity index (χ1v) is 9.65. The Hall–Kier alpha value is -2.38. The van der Waals surface area contributed by atoms with Crippen molar-refractivity contribution in [3.63, 3.8) is 0 Å². The summed E-state index contributed by atoms with van der Waals surface area (Å²) in [4.78, 5) is 6.23. The van der Waals surface area contributed by atoms with Gasteiger partial charge in [0.15, 0.2) is 11.0 Å². The topological polar surface area (TPSA) is 69.6 Å². The van der Waals surface area contributed by atoms with Gasteiger partial charge in [-0.3, -0.25) is 0 Å². The van der Waals surface area contributed by atoms with Gasteiger partial charge >= 0.3 is 0 Å². The highest BCUT2D eigenvalue weighted by Gasteiger charge is 2.18. The van der Waals surface area contributed by atoms with E-state index >= 15 is 0 Å². The van der Waals surface area contributed by atoms with Gasteiger partial charge in [-0.25, -0.2) is 4.98 Å². The number of hydrogen-bond donors (Lipinski definition) is 1. The molecule has 0 aliphatic heterocycles. The Kier molecular flexibility index (Phi) is 4.19. The van der Waals surface area contributed by atoms with Gasteiger partial charge in [0.1, 0.15) is 4.83 Å². The molecule has 0 unspecified atom stereocenters. The average Bonchev–Trinajstić information content (AvgIpc) is 3.15. The fourth-order valence-corrected chi connectivity index (χ4v) is 4.54. The summed E-state index contributed by atoms with van der Waals surface area (Å²) < 4.78 is 2.00. The second kappa shape index (κ2) is 6.50. The van der Waals surface area contributed by atoms with Crippen LogP contribution in [0.15, 0.2) is 47.8 Å². The molecule has 3 heterocycles. The Balaban J connectivity index is 1.62. The minimum absolute atomic E-state index is 0.721. The van der Waals surface area contributed by atoms with E-state index in [1.807, 2.05) is 23.7 Å². The molecule has 1 aromatic carbocycles. The predicted molar refractivity (Wildman–Crippen MR) is 105 cm³/mol. The molecule has 0 bridgehead atoms. The van der Waals surface area contributed by atoms with Crippen LogP contribution in [0.4, 0.5) is 5.69 Å². The number of fused-ring (bicyclic) bond motifs is 1. The first-order valence-electron chi connectivity index (χ1n) is 7.84. The van der Waals surface area contributed by atoms with Gasteiger partial charge in [-0.15, -0.1) is 21.5 Å². The van der Waals surface area contributed by atoms with Crippen LogP contribution in [-0.4, -0.2) is 19.7 Å². The van der Waals surface area contributed by atoms with Gasteiger partial charge in [0, 0.05) is 24.4 Å². The number of aromatic nitrogens is 4. The Labute approximate surface area is 153 Å². The summed E-state index contributed by atoms with van der Waals surface area (Å²) in [6.07, 6.45) is 1.78. The number of rotatable bonds is 4. The molecule has 0 fully saturated rings. The molecular weight excluding hydrogens is 350 g/mol. The molecule has 126 valence electrons. The monoisotopic (exact) mass is 367 g/mol. The van der Waals surface area contributed by atoms with Crippen molar-refractivity contribution in [2.24, 2.45) is 7.05 Å². The number of nitrogens with two attached hydrogens (primary N) is 1. The van der Waals surface area contributed by atoms with E-state index in [0.717, 1.165) is 37.5 Å². The third-order valence-electron chi connectivity index (χ3n) is 4.03. The highest BCUT2D eigenvalue weighted by molar-refractivity contribution is 7.98. The molecule has 0 atom stereocenters. The SMILES string of the molecule is Cc1ccc(CSc2nnc(-c3sc4ncccc4c3N)n2C)cc1. The van der Waals surface area contributed by atoms with Gasteiger partial charge in [0.05, 0.1) is 10.6 Å². The highest BCUT2D eigenvalue weighted by Crippen LogP contribution is 2.39. The molecule has 0 amide bonds. The van der Waals surface area contributed by atoms with Gasteiger partial charge in [0.2, 0.25) is 0 Å². The van der Waals surface area contributed by atoms with Crippen LogP contribution >= 0.6 is 23.1 Å². The summed E-state index contributed by atoms with van der Waals surface area (Å²) in [7, 11) is 1.98. The molecule has 3 aromatic heterocycles. The molecule has 0 radical (unpaired) electrons. The molecule has 7 heteroatoms. The van der Waals surface area contributed by atoms with Crippen molar-refractivity contribution < 1.29 is 0 Å². The number of hydrogen-bond acceptors (Lipinski definition) is 6. The number of nitrogen functional groups attached to an aromatic ring is 1. The Morgan fingerprint density at radius 1 is 1.16 bits per heavy atom. The lowest BCUT2D eigenvalue weighted by Crippen LogP contribution is -1.96. The fourth-order valence-electron chi connectivity index (χ4n) is 2.59. The van der Waals surface area contributed by atoms with Crippen LogP contribution in [0.1, 0.15) is 11.1 Å². The summed E-state index contributed by atoms with van der Waals surface area (Å²) >= 11 is 3.22. The smallest absolute Gasteiger partial charge is 0.191 e. The minimum atomic E-state index is 0.721. The standard InChI is InChI=1S/C18H17N5S2/c1-11-5-7-12(8-6-11)10-24-18-22-21-16(23(18)2)15-14(19)13-4-3-9-20-17(13)25-15/h3-9H,10,19H2,1-2H3. The molecule has 4 rings (SSSR count). The van der Waals surface area contributed by atoms with Crippen LogP contribution in [-0.2, 0) is 12.8 Å². The summed E-state index contributed by atoms with van der Waals surface area (Å²) in [5.41, 5.74) is 9.57. The maximum absolute atomic E-state index is 6.31. The fraction of sp³-hybridized carbons (Fsp3) is 0.167. The summed E-state index contributed by atoms with van der Waals surface area (Å²) in [5, 5.41) is 10.6. The van der Waals surface area contributed by atoms with E-state index in [2.05, 4.69) is 46.4 Å². The van der Waals surface area contributed by atoms with Gasteiger partial charge in [0.25, 0.3) is 0 Å². The minimum Gasteiger partial charge on any atom is -0.397 e. The van der Waals surface area contributed by atoms with Crippen molar-refractivity contribution in [2.45, 2.75) is 17.8 Å². The third-order valence-corrected chi connectivity index (χ3v) is 6.25. The van der Waals surface area contributed by atoms with E-state index in [0.29, 0.717) is 0 Å². The van der Waals surface area contributed by atoms with Crippen LogP contribution < -0.4 is 5.73 Å². The number of aryl methyl sites for hydroxylation is 1. The molecule has 5 nitrogen and oxygen atoms in total. The molecule has 25 heavy (non-hydrogen) atoms. The summed E-state index contributed by atoms with van der Waals surface area (Å²) in [6.45, 7) is 2.09. The largest absolute Gasteiger partial charge is 0.397 e. The van der Waals surface area contributed by atoms with Crippen molar-refractivity contribution in [1.29, 1.82) is 0 Å². The Morgan fingerprint density at radius 3 is 2.72 bits per heavy atom. The maximum Gasteiger partial charge on any atom is 0.191 e. The molecular formula is C18H17N5S2. The van der Waals surface area contributed by atoms with Crippen molar-refractivity contribution in [3.05, 3.63) is 53.7 Å². The first kappa shape index (κ1) is 16.1. The zero-order chi connectivity index (χ0) is 17.4. The van der Waals surface area contributed by atoms with Crippen molar-refractivity contribution >= 4 is 39.0 Å². The number of anilines is 1. The predicted octanol–water partition coefficient (Wildman–Crippen LogP) is 4.27. The lowest BCUT2D eigenvalue weighted by molar-refractivity contribution is 0.795. The molecule has 0 aliphatic rings. The Bertz CT molecular complexity index is 1030. The van der Waals surface area contributed by atoms with E-state index < -0.39 is 0 Å². The number of benzene rings is 1. The van der Waals surface area contributed by atoms with Crippen molar-refractivity contribution in [1.82, 2.24) is 19.7 Å². The quantitative estimate of drug-likeness (QED) is 0.545. The Morgan fingerprint density at radius 2 is 1.96 bits per heavy atom. The van der Waals surface area contributed by atoms with Crippen LogP contribution in [0.5, 0.6) is 0 Å². The van der Waals surface area contributed by atoms with Gasteiger partial charge in [-0.1, -0.05) is 41.6 Å². The van der Waals surface area contributed by atoms with Crippen molar-refractivity contribution in [3.8, 4) is 10.7 Å². The molecule has 0 aliphatic carbocycles. The first-order chi connectivity index (χ1) is 12.1. The van der Waals surface area contributed by atoms with Crippen LogP contribution in [0.25, 0.3) is 20.9 Å². The number of pyridine rings is 1. The van der Waals surface area contributed by atoms with E-state index in [1.165, 1.54) is 11.1 Å². The maximum atomic E-state index is 6.31. The molecule has 0 spiro atoms. The van der Waals surface area contributed by atoms with Gasteiger partial charge in [-0.05, 0) is 24.6 Å². The zero-order valence-electron chi connectivity index (χ0n) is 13.9. The van der Waals surface area contributed by atoms with E-state index in [9.17, 15) is 0 Å². The lowest BCUT2D eigenvalue weighted by atomic mass is 10.2. The van der Waals surface area contributed by atoms with E-state index in [4.69, 9.17) is 5.73 Å². The highest BCUT2D eigenvalue weighted by atomic mass is 32.2. The third kappa shape index (κ3) is 3.01. The second-order valence-electron chi connectivity index (χ2n) is 5.84. The average molecular weight is 368 g/mol. The van der Waals surface area contributed by atoms with Gasteiger partial charge < -0.3 is 10.3 Å². The number of thioether (sulfide) groups is 1. The van der Waals surface area contributed by atoms with E-state index in [-0.39, 0.29) is 0 Å². The summed E-state index contributed by atoms with van der Waals surface area (Å²) in [5.74, 6) is 1.64. The number of thiophene rings is 1. The molecule has 0 saturated heterocycles. The van der Waals surface area contributed by atoms with Crippen LogP contribution in [0, 0.1) is 6.92 Å². The van der Waals surface area contributed by atoms with Crippen molar-refractivity contribution in [2.75, 3.05) is 5.73 Å². The second-order valence-corrected chi connectivity index (χ2v) is 7.78. The van der Waals surface area contributed by atoms with Gasteiger partial charge in [-0.2, -0.15) is 0 Å². The zero-order valence-corrected chi connectivity index (χ0v) is 15.6. The normalized spacial score (nSPS) is 11.3. The van der Waals surface area contributed by atoms with Crippen LogP contribution in [0.2, 0.25) is 0 Å². The number of nitrogens with zero attached hydrogens (tertiary/aromatic N) is 4. The molecule has 2 N–H and O–H groups in total. The molecule has 0 saturated carbocycles. The van der Waals surface area contributed by atoms with Crippen LogP contribution in [0.3, 0.4) is 0 Å². The lowest BCUT2D eigenvalue weighted by Gasteiger charge is -2.04.